The predicted molar refractivity (Wildman–Crippen MR) is 132 cm³/mol. The quantitative estimate of drug-likeness (QED) is 0.367. The number of hydrogen-bond acceptors (Lipinski definition) is 3. The fourth-order valence-electron chi connectivity index (χ4n) is 4.06. The van der Waals surface area contributed by atoms with Crippen molar-refractivity contribution in [3.63, 3.8) is 0 Å². The average molecular weight is 445 g/mol. The Labute approximate surface area is 193 Å². The normalized spacial score (nSPS) is 10.9. The molecule has 1 aromatic heterocycles. The maximum absolute atomic E-state index is 13.7. The Morgan fingerprint density at radius 3 is 2.34 bits per heavy atom. The molecule has 162 valence electrons. The van der Waals surface area contributed by atoms with Crippen LogP contribution in [-0.2, 0) is 0 Å². The van der Waals surface area contributed by atoms with Gasteiger partial charge in [-0.3, -0.25) is 4.79 Å². The van der Waals surface area contributed by atoms with E-state index in [1.165, 1.54) is 5.56 Å². The highest BCUT2D eigenvalue weighted by Gasteiger charge is 2.21. The number of fused-ring (bicyclic) bond motifs is 1. The summed E-state index contributed by atoms with van der Waals surface area (Å²) in [7, 11) is 1.56. The lowest BCUT2D eigenvalue weighted by molar-refractivity contribution is 0.102. The van der Waals surface area contributed by atoms with Crippen molar-refractivity contribution in [3.8, 4) is 17.0 Å². The Morgan fingerprint density at radius 2 is 1.66 bits per heavy atom. The molecule has 0 bridgehead atoms. The second-order valence-corrected chi connectivity index (χ2v) is 8.54. The van der Waals surface area contributed by atoms with Gasteiger partial charge in [-0.25, -0.2) is 4.98 Å². The molecular formula is C27H25ClN2O2. The minimum absolute atomic E-state index is 0.228. The number of nitrogens with zero attached hydrogens (tertiary/aromatic N) is 1. The summed E-state index contributed by atoms with van der Waals surface area (Å²) in [6.45, 7) is 8.05. The van der Waals surface area contributed by atoms with Crippen molar-refractivity contribution in [1.29, 1.82) is 0 Å². The van der Waals surface area contributed by atoms with Gasteiger partial charge in [0.15, 0.2) is 0 Å². The van der Waals surface area contributed by atoms with E-state index in [0.717, 1.165) is 38.9 Å². The van der Waals surface area contributed by atoms with Gasteiger partial charge in [0.1, 0.15) is 5.75 Å². The molecule has 4 rings (SSSR count). The summed E-state index contributed by atoms with van der Waals surface area (Å²) in [5, 5.41) is 4.35. The van der Waals surface area contributed by atoms with Gasteiger partial charge in [0.25, 0.3) is 5.91 Å². The summed E-state index contributed by atoms with van der Waals surface area (Å²) < 4.78 is 5.41. The van der Waals surface area contributed by atoms with Crippen LogP contribution >= 0.6 is 11.6 Å². The third-order valence-electron chi connectivity index (χ3n) is 5.63. The van der Waals surface area contributed by atoms with Crippen LogP contribution < -0.4 is 10.1 Å². The molecule has 0 spiro atoms. The Morgan fingerprint density at radius 1 is 0.938 bits per heavy atom. The van der Waals surface area contributed by atoms with Gasteiger partial charge in [0, 0.05) is 16.0 Å². The van der Waals surface area contributed by atoms with E-state index >= 15 is 0 Å². The van der Waals surface area contributed by atoms with Crippen molar-refractivity contribution < 1.29 is 9.53 Å². The number of methoxy groups -OCH3 is 1. The zero-order valence-corrected chi connectivity index (χ0v) is 19.6. The number of carbonyl (C=O) groups is 1. The Bertz CT molecular complexity index is 1340. The van der Waals surface area contributed by atoms with E-state index in [2.05, 4.69) is 30.4 Å². The Balaban J connectivity index is 1.94. The number of aryl methyl sites for hydroxylation is 3. The number of carbonyl (C=O) groups excluding carboxylic acids is 1. The first-order valence-corrected chi connectivity index (χ1v) is 10.8. The molecule has 0 saturated heterocycles. The molecule has 5 heteroatoms. The number of ether oxygens (including phenoxy) is 1. The number of aromatic nitrogens is 1. The van der Waals surface area contributed by atoms with E-state index in [9.17, 15) is 4.79 Å². The van der Waals surface area contributed by atoms with Gasteiger partial charge in [-0.1, -0.05) is 53.1 Å². The van der Waals surface area contributed by atoms with Gasteiger partial charge in [0.2, 0.25) is 0 Å². The molecule has 0 atom stereocenters. The molecule has 0 radical (unpaired) electrons. The van der Waals surface area contributed by atoms with Crippen LogP contribution in [0.15, 0.2) is 54.6 Å². The zero-order valence-electron chi connectivity index (χ0n) is 18.8. The summed E-state index contributed by atoms with van der Waals surface area (Å²) in [6, 6.07) is 17.5. The zero-order chi connectivity index (χ0) is 23.0. The highest BCUT2D eigenvalue weighted by molar-refractivity contribution is 6.31. The Hall–Kier alpha value is -3.37. The molecule has 1 N–H and O–H groups in total. The van der Waals surface area contributed by atoms with Crippen molar-refractivity contribution in [1.82, 2.24) is 4.98 Å². The molecule has 4 aromatic rings. The molecule has 4 nitrogen and oxygen atoms in total. The number of anilines is 1. The third-order valence-corrected chi connectivity index (χ3v) is 5.86. The maximum Gasteiger partial charge on any atom is 0.256 e. The van der Waals surface area contributed by atoms with Gasteiger partial charge in [-0.15, -0.1) is 0 Å². The molecule has 1 amide bonds. The number of halogens is 1. The molecule has 0 aliphatic carbocycles. The van der Waals surface area contributed by atoms with Gasteiger partial charge in [-0.2, -0.15) is 0 Å². The highest BCUT2D eigenvalue weighted by atomic mass is 35.5. The van der Waals surface area contributed by atoms with E-state index in [1.807, 2.05) is 39.0 Å². The van der Waals surface area contributed by atoms with Crippen molar-refractivity contribution in [2.24, 2.45) is 0 Å². The van der Waals surface area contributed by atoms with E-state index in [0.29, 0.717) is 22.0 Å². The molecule has 0 fully saturated rings. The molecule has 0 aliphatic rings. The standard InChI is InChI=1S/C27H25ClN2O2/c1-15-6-8-19(9-7-15)26-18(4)24(21-13-16(2)12-17(3)25(21)30-26)27(31)29-22-14-20(28)10-11-23(22)32-5/h6-14H,1-5H3,(H,29,31). The second-order valence-electron chi connectivity index (χ2n) is 8.10. The predicted octanol–water partition coefficient (Wildman–Crippen LogP) is 7.05. The number of amides is 1. The smallest absolute Gasteiger partial charge is 0.256 e. The van der Waals surface area contributed by atoms with Crippen LogP contribution in [0.25, 0.3) is 22.2 Å². The second kappa shape index (κ2) is 8.64. The first-order chi connectivity index (χ1) is 15.3. The minimum atomic E-state index is -0.228. The van der Waals surface area contributed by atoms with Crippen molar-refractivity contribution in [2.75, 3.05) is 12.4 Å². The van der Waals surface area contributed by atoms with E-state index in [4.69, 9.17) is 21.3 Å². The number of nitrogens with one attached hydrogen (secondary N) is 1. The summed E-state index contributed by atoms with van der Waals surface area (Å²) in [5.41, 5.74) is 7.82. The number of hydrogen-bond donors (Lipinski definition) is 1. The topological polar surface area (TPSA) is 51.2 Å². The van der Waals surface area contributed by atoms with Crippen LogP contribution in [0.4, 0.5) is 5.69 Å². The molecular weight excluding hydrogens is 420 g/mol. The Kier molecular flexibility index (Phi) is 5.90. The van der Waals surface area contributed by atoms with E-state index < -0.39 is 0 Å². The largest absolute Gasteiger partial charge is 0.495 e. The van der Waals surface area contributed by atoms with Gasteiger partial charge < -0.3 is 10.1 Å². The monoisotopic (exact) mass is 444 g/mol. The van der Waals surface area contributed by atoms with Crippen molar-refractivity contribution in [3.05, 3.63) is 87.4 Å². The average Bonchev–Trinajstić information content (AvgIpc) is 2.74. The molecule has 0 saturated carbocycles. The minimum Gasteiger partial charge on any atom is -0.495 e. The van der Waals surface area contributed by atoms with Crippen LogP contribution in [0.3, 0.4) is 0 Å². The molecule has 3 aromatic carbocycles. The number of rotatable bonds is 4. The molecule has 1 heterocycles. The van der Waals surface area contributed by atoms with Gasteiger partial charge >= 0.3 is 0 Å². The lowest BCUT2D eigenvalue weighted by Gasteiger charge is -2.17. The van der Waals surface area contributed by atoms with E-state index in [1.54, 1.807) is 25.3 Å². The maximum atomic E-state index is 13.7. The molecule has 0 unspecified atom stereocenters. The van der Waals surface area contributed by atoms with Crippen molar-refractivity contribution >= 4 is 34.1 Å². The lowest BCUT2D eigenvalue weighted by Crippen LogP contribution is -2.16. The SMILES string of the molecule is COc1ccc(Cl)cc1NC(=O)c1c(C)c(-c2ccc(C)cc2)nc2c(C)cc(C)cc12. The summed E-state index contributed by atoms with van der Waals surface area (Å²) in [6.07, 6.45) is 0. The highest BCUT2D eigenvalue weighted by Crippen LogP contribution is 2.34. The fraction of sp³-hybridized carbons (Fsp3) is 0.185. The summed E-state index contributed by atoms with van der Waals surface area (Å²) in [4.78, 5) is 18.6. The summed E-state index contributed by atoms with van der Waals surface area (Å²) >= 11 is 6.17. The molecule has 32 heavy (non-hydrogen) atoms. The first-order valence-electron chi connectivity index (χ1n) is 10.4. The van der Waals surface area contributed by atoms with Gasteiger partial charge in [0.05, 0.1) is 29.6 Å². The van der Waals surface area contributed by atoms with Crippen LogP contribution in [-0.4, -0.2) is 18.0 Å². The molecule has 0 aliphatic heterocycles. The van der Waals surface area contributed by atoms with Gasteiger partial charge in [-0.05, 0) is 63.1 Å². The third kappa shape index (κ3) is 4.06. The van der Waals surface area contributed by atoms with Crippen molar-refractivity contribution in [2.45, 2.75) is 27.7 Å². The fourth-order valence-corrected chi connectivity index (χ4v) is 4.23. The number of pyridine rings is 1. The van der Waals surface area contributed by atoms with Crippen LogP contribution in [0.2, 0.25) is 5.02 Å². The summed E-state index contributed by atoms with van der Waals surface area (Å²) in [5.74, 6) is 0.318. The van der Waals surface area contributed by atoms with Crippen LogP contribution in [0.5, 0.6) is 5.75 Å². The first kappa shape index (κ1) is 21.8. The number of benzene rings is 3. The lowest BCUT2D eigenvalue weighted by atomic mass is 9.94. The van der Waals surface area contributed by atoms with Crippen LogP contribution in [0.1, 0.15) is 32.6 Å². The van der Waals surface area contributed by atoms with Crippen LogP contribution in [0, 0.1) is 27.7 Å². The van der Waals surface area contributed by atoms with E-state index in [-0.39, 0.29) is 5.91 Å².